The summed E-state index contributed by atoms with van der Waals surface area (Å²) < 4.78 is 28.3. The van der Waals surface area contributed by atoms with Crippen molar-refractivity contribution in [2.45, 2.75) is 38.9 Å². The quantitative estimate of drug-likeness (QED) is 0.364. The molecule has 0 saturated carbocycles. The molecule has 36 heavy (non-hydrogen) atoms. The minimum Gasteiger partial charge on any atom is -0.478 e. The Morgan fingerprint density at radius 3 is 2.72 bits per heavy atom. The minimum absolute atomic E-state index is 0.0201. The molecule has 2 aromatic heterocycles. The van der Waals surface area contributed by atoms with E-state index in [-0.39, 0.29) is 18.3 Å². The van der Waals surface area contributed by atoms with Crippen molar-refractivity contribution in [1.82, 2.24) is 25.2 Å². The fourth-order valence-electron chi connectivity index (χ4n) is 4.69. The molecule has 2 aromatic carbocycles. The molecule has 4 aromatic rings. The Kier molecular flexibility index (Phi) is 6.19. The first-order chi connectivity index (χ1) is 17.3. The van der Waals surface area contributed by atoms with E-state index in [1.165, 1.54) is 6.07 Å². The predicted octanol–water partition coefficient (Wildman–Crippen LogP) is 3.72. The van der Waals surface area contributed by atoms with Crippen molar-refractivity contribution in [2.75, 3.05) is 0 Å². The third-order valence-electron chi connectivity index (χ3n) is 6.56. The van der Waals surface area contributed by atoms with Gasteiger partial charge in [0.25, 0.3) is 5.91 Å². The fraction of sp³-hybridized carbons (Fsp3) is 0.231. The van der Waals surface area contributed by atoms with Gasteiger partial charge in [-0.2, -0.15) is 5.10 Å². The lowest BCUT2D eigenvalue weighted by Crippen LogP contribution is -2.26. The van der Waals surface area contributed by atoms with E-state index >= 15 is 0 Å². The first kappa shape index (κ1) is 23.6. The summed E-state index contributed by atoms with van der Waals surface area (Å²) in [5.41, 5.74) is 5.07. The number of amides is 1. The minimum atomic E-state index is -0.975. The predicted molar refractivity (Wildman–Crippen MR) is 127 cm³/mol. The highest BCUT2D eigenvalue weighted by molar-refractivity contribution is 5.92. The number of benzene rings is 2. The lowest BCUT2D eigenvalue weighted by molar-refractivity contribution is 0.0695. The highest BCUT2D eigenvalue weighted by Gasteiger charge is 2.26. The summed E-state index contributed by atoms with van der Waals surface area (Å²) in [6.45, 7) is 2.26. The van der Waals surface area contributed by atoms with Crippen LogP contribution in [0.15, 0.2) is 48.7 Å². The van der Waals surface area contributed by atoms with Crippen LogP contribution in [0.3, 0.4) is 0 Å². The second kappa shape index (κ2) is 9.46. The average molecular weight is 491 g/mol. The van der Waals surface area contributed by atoms with Gasteiger partial charge >= 0.3 is 5.97 Å². The van der Waals surface area contributed by atoms with Crippen LogP contribution in [0.2, 0.25) is 0 Å². The van der Waals surface area contributed by atoms with Crippen molar-refractivity contribution in [3.63, 3.8) is 0 Å². The Hall–Kier alpha value is -4.18. The van der Waals surface area contributed by atoms with Gasteiger partial charge in [-0.3, -0.25) is 4.79 Å². The van der Waals surface area contributed by atoms with Crippen LogP contribution in [0.4, 0.5) is 8.78 Å². The third-order valence-corrected chi connectivity index (χ3v) is 6.56. The fourth-order valence-corrected chi connectivity index (χ4v) is 4.69. The van der Waals surface area contributed by atoms with Crippen molar-refractivity contribution in [1.29, 1.82) is 0 Å². The molecular formula is C26H23F2N5O3. The van der Waals surface area contributed by atoms with E-state index in [2.05, 4.69) is 20.7 Å². The standard InChI is InChI=1S/C26H23F2N5O3/c1-14-17-5-7-22(19(17)4-3-18(14)26(35)36)29-13-16-11-23(32-24-8-9-31-33(16)24)25(34)30-12-15-2-6-20(27)21(28)10-15/h2-4,6,8-11,22,29H,5,7,12-13H2,1H3,(H,30,34)(H,35,36). The van der Waals surface area contributed by atoms with Gasteiger partial charge in [0, 0.05) is 25.2 Å². The Balaban J connectivity index is 1.33. The van der Waals surface area contributed by atoms with Gasteiger partial charge in [0.2, 0.25) is 0 Å². The average Bonchev–Trinajstić information content (AvgIpc) is 3.50. The number of rotatable bonds is 7. The maximum atomic E-state index is 13.5. The lowest BCUT2D eigenvalue weighted by atomic mass is 9.98. The molecule has 5 rings (SSSR count). The molecule has 8 nitrogen and oxygen atoms in total. The van der Waals surface area contributed by atoms with Gasteiger partial charge in [0.1, 0.15) is 5.69 Å². The molecule has 0 saturated heterocycles. The molecule has 1 atom stereocenters. The number of nitrogens with zero attached hydrogens (tertiary/aromatic N) is 3. The van der Waals surface area contributed by atoms with Crippen LogP contribution in [0, 0.1) is 18.6 Å². The van der Waals surface area contributed by atoms with Crippen LogP contribution in [0.25, 0.3) is 5.65 Å². The molecule has 1 aliphatic rings. The van der Waals surface area contributed by atoms with Crippen molar-refractivity contribution in [3.05, 3.63) is 99.5 Å². The van der Waals surface area contributed by atoms with Gasteiger partial charge in [-0.15, -0.1) is 0 Å². The number of fused-ring (bicyclic) bond motifs is 2. The summed E-state index contributed by atoms with van der Waals surface area (Å²) >= 11 is 0. The van der Waals surface area contributed by atoms with Crippen LogP contribution in [0.5, 0.6) is 0 Å². The number of aromatic nitrogens is 3. The highest BCUT2D eigenvalue weighted by atomic mass is 19.2. The van der Waals surface area contributed by atoms with E-state index in [9.17, 15) is 23.5 Å². The molecule has 1 unspecified atom stereocenters. The van der Waals surface area contributed by atoms with Gasteiger partial charge in [-0.1, -0.05) is 12.1 Å². The number of carboxylic acid groups (broad SMARTS) is 1. The Morgan fingerprint density at radius 1 is 1.11 bits per heavy atom. The molecule has 3 N–H and O–H groups in total. The van der Waals surface area contributed by atoms with Crippen LogP contribution < -0.4 is 10.6 Å². The number of carbonyl (C=O) groups excluding carboxylic acids is 1. The number of hydrogen-bond acceptors (Lipinski definition) is 5. The van der Waals surface area contributed by atoms with Crippen LogP contribution in [-0.4, -0.2) is 31.6 Å². The summed E-state index contributed by atoms with van der Waals surface area (Å²) in [5.74, 6) is -3.30. The topological polar surface area (TPSA) is 109 Å². The molecule has 0 fully saturated rings. The van der Waals surface area contributed by atoms with Crippen LogP contribution in [-0.2, 0) is 19.5 Å². The molecule has 1 aliphatic carbocycles. The highest BCUT2D eigenvalue weighted by Crippen LogP contribution is 2.34. The zero-order valence-corrected chi connectivity index (χ0v) is 19.4. The van der Waals surface area contributed by atoms with Gasteiger partial charge in [0.05, 0.1) is 17.5 Å². The molecule has 2 heterocycles. The summed E-state index contributed by atoms with van der Waals surface area (Å²) in [5, 5.41) is 19.9. The largest absolute Gasteiger partial charge is 0.478 e. The number of nitrogens with one attached hydrogen (secondary N) is 2. The molecule has 1 amide bonds. The van der Waals surface area contributed by atoms with Gasteiger partial charge in [0.15, 0.2) is 17.3 Å². The number of aromatic carboxylic acids is 1. The number of hydrogen-bond donors (Lipinski definition) is 3. The van der Waals surface area contributed by atoms with E-state index < -0.39 is 23.5 Å². The van der Waals surface area contributed by atoms with Crippen molar-refractivity contribution in [2.24, 2.45) is 0 Å². The first-order valence-electron chi connectivity index (χ1n) is 11.5. The molecule has 0 radical (unpaired) electrons. The molecule has 0 spiro atoms. The Labute approximate surface area is 205 Å². The van der Waals surface area contributed by atoms with Crippen molar-refractivity contribution >= 4 is 17.5 Å². The molecule has 10 heteroatoms. The zero-order valence-electron chi connectivity index (χ0n) is 19.4. The molecular weight excluding hydrogens is 468 g/mol. The molecule has 0 aliphatic heterocycles. The third kappa shape index (κ3) is 4.42. The summed E-state index contributed by atoms with van der Waals surface area (Å²) in [6, 6.07) is 10.3. The molecule has 184 valence electrons. The van der Waals surface area contributed by atoms with Crippen molar-refractivity contribution < 1.29 is 23.5 Å². The zero-order chi connectivity index (χ0) is 25.4. The number of carbonyl (C=O) groups is 2. The van der Waals surface area contributed by atoms with Crippen LogP contribution in [0.1, 0.15) is 61.3 Å². The van der Waals surface area contributed by atoms with E-state index in [1.807, 2.05) is 13.0 Å². The summed E-state index contributed by atoms with van der Waals surface area (Å²) in [4.78, 5) is 28.6. The summed E-state index contributed by atoms with van der Waals surface area (Å²) in [7, 11) is 0. The van der Waals surface area contributed by atoms with Crippen molar-refractivity contribution in [3.8, 4) is 0 Å². The summed E-state index contributed by atoms with van der Waals surface area (Å²) in [6.07, 6.45) is 3.20. The smallest absolute Gasteiger partial charge is 0.335 e. The normalized spacial score (nSPS) is 14.7. The maximum absolute atomic E-state index is 13.5. The number of carboxylic acids is 1. The Morgan fingerprint density at radius 2 is 1.94 bits per heavy atom. The lowest BCUT2D eigenvalue weighted by Gasteiger charge is -2.16. The Bertz CT molecular complexity index is 1500. The van der Waals surface area contributed by atoms with Gasteiger partial charge in [-0.05, 0) is 66.3 Å². The molecule has 0 bridgehead atoms. The second-order valence-electron chi connectivity index (χ2n) is 8.75. The van der Waals surface area contributed by atoms with E-state index in [4.69, 9.17) is 0 Å². The number of halogens is 2. The van der Waals surface area contributed by atoms with Gasteiger partial charge in [-0.25, -0.2) is 23.1 Å². The van der Waals surface area contributed by atoms with Crippen LogP contribution >= 0.6 is 0 Å². The van der Waals surface area contributed by atoms with E-state index in [0.717, 1.165) is 47.4 Å². The van der Waals surface area contributed by atoms with Gasteiger partial charge < -0.3 is 15.7 Å². The SMILES string of the molecule is Cc1c(C(=O)O)ccc2c1CCC2NCc1cc(C(=O)NCc2ccc(F)c(F)c2)nc2ccnn12. The monoisotopic (exact) mass is 491 g/mol. The first-order valence-corrected chi connectivity index (χ1v) is 11.5. The maximum Gasteiger partial charge on any atom is 0.335 e. The second-order valence-corrected chi connectivity index (χ2v) is 8.75. The van der Waals surface area contributed by atoms with E-state index in [1.54, 1.807) is 28.9 Å². The van der Waals surface area contributed by atoms with E-state index in [0.29, 0.717) is 23.3 Å².